The fourth-order valence-electron chi connectivity index (χ4n) is 6.54. The highest BCUT2D eigenvalue weighted by molar-refractivity contribution is 6.99. The summed E-state index contributed by atoms with van der Waals surface area (Å²) in [5.41, 5.74) is 3.18. The summed E-state index contributed by atoms with van der Waals surface area (Å²) in [5.74, 6) is 0.663. The van der Waals surface area contributed by atoms with Crippen LogP contribution in [0.25, 0.3) is 0 Å². The molecule has 4 aromatic carbocycles. The molecule has 0 saturated carbocycles. The van der Waals surface area contributed by atoms with E-state index in [4.69, 9.17) is 14.2 Å². The molecule has 4 rings (SSSR count). The summed E-state index contributed by atoms with van der Waals surface area (Å²) < 4.78 is 13.9. The first kappa shape index (κ1) is 36.5. The van der Waals surface area contributed by atoms with Gasteiger partial charge in [0.1, 0.15) is 0 Å². The maximum absolute atomic E-state index is 7.42. The van der Waals surface area contributed by atoms with E-state index >= 15 is 0 Å². The fraction of sp³-hybridized carbons (Fsp3) is 0.419. The van der Waals surface area contributed by atoms with E-state index < -0.39 is 8.32 Å². The summed E-state index contributed by atoms with van der Waals surface area (Å²) >= 11 is 0. The molecule has 3 nitrogen and oxygen atoms in total. The Labute approximate surface area is 286 Å². The number of rotatable bonds is 19. The average molecular weight is 648 g/mol. The average Bonchev–Trinajstić information content (AvgIpc) is 3.10. The molecule has 0 aliphatic heterocycles. The Hall–Kier alpha value is -3.31. The van der Waals surface area contributed by atoms with Crippen LogP contribution < -0.4 is 10.4 Å². The molecule has 2 atom stereocenters. The highest BCUT2D eigenvalue weighted by atomic mass is 28.4. The zero-order valence-electron chi connectivity index (χ0n) is 29.5. The Bertz CT molecular complexity index is 1350. The summed E-state index contributed by atoms with van der Waals surface area (Å²) in [6.07, 6.45) is 9.01. The van der Waals surface area contributed by atoms with Gasteiger partial charge < -0.3 is 9.16 Å². The van der Waals surface area contributed by atoms with Gasteiger partial charge >= 0.3 is 0 Å². The van der Waals surface area contributed by atoms with Gasteiger partial charge in [0.2, 0.25) is 0 Å². The van der Waals surface area contributed by atoms with Gasteiger partial charge in [-0.05, 0) is 27.8 Å². The van der Waals surface area contributed by atoms with Crippen LogP contribution in [0.1, 0.15) is 90.7 Å². The second kappa shape index (κ2) is 18.9. The lowest BCUT2D eigenvalue weighted by Crippen LogP contribution is -2.67. The van der Waals surface area contributed by atoms with Crippen molar-refractivity contribution in [2.45, 2.75) is 90.6 Å². The predicted molar refractivity (Wildman–Crippen MR) is 204 cm³/mol. The van der Waals surface area contributed by atoms with Gasteiger partial charge in [0, 0.05) is 17.7 Å². The number of aliphatic imine (C=N–C) groups is 1. The lowest BCUT2D eigenvalue weighted by atomic mass is 9.99. The molecule has 0 saturated heterocycles. The summed E-state index contributed by atoms with van der Waals surface area (Å²) in [6, 6.07) is 42.6. The van der Waals surface area contributed by atoms with Gasteiger partial charge in [-0.25, -0.2) is 0 Å². The molecule has 0 radical (unpaired) electrons. The summed E-state index contributed by atoms with van der Waals surface area (Å²) in [6.45, 7) is 13.4. The molecule has 0 aliphatic carbocycles. The molecule has 0 amide bonds. The number of nitrogens with zero attached hydrogens (tertiary/aromatic N) is 1. The van der Waals surface area contributed by atoms with Crippen molar-refractivity contribution in [1.29, 1.82) is 0 Å². The summed E-state index contributed by atoms with van der Waals surface area (Å²) in [7, 11) is -2.74. The van der Waals surface area contributed by atoms with Crippen molar-refractivity contribution >= 4 is 24.4 Å². The van der Waals surface area contributed by atoms with Crippen molar-refractivity contribution in [3.8, 4) is 0 Å². The highest BCUT2D eigenvalue weighted by Crippen LogP contribution is 2.37. The first-order valence-corrected chi connectivity index (χ1v) is 19.8. The number of benzene rings is 4. The van der Waals surface area contributed by atoms with Crippen LogP contribution in [0.2, 0.25) is 5.04 Å². The molecule has 0 unspecified atom stereocenters. The molecule has 0 heterocycles. The third-order valence-corrected chi connectivity index (χ3v) is 14.2. The van der Waals surface area contributed by atoms with Gasteiger partial charge in [0.05, 0.1) is 25.0 Å². The Kier molecular flexibility index (Phi) is 14.7. The molecule has 47 heavy (non-hydrogen) atoms. The standard InChI is InChI=1S/C43H57NO2Si/c1-6-7-8-9-14-23-36(2)32-33-45-34-39(44-42(37-24-15-10-16-25-37)38-26-17-11-18-27-38)35-46-47(43(3,4)5,40-28-19-12-20-29-40)41-30-21-13-22-31-41/h10-13,15-22,24-31,36,39H,6-9,14,23,32-35H2,1-5H3/t36-,39-/m1/s1. The molecule has 4 heteroatoms. The van der Waals surface area contributed by atoms with Gasteiger partial charge in [-0.15, -0.1) is 0 Å². The number of hydrogen-bond acceptors (Lipinski definition) is 3. The Morgan fingerprint density at radius 2 is 1.13 bits per heavy atom. The summed E-state index contributed by atoms with van der Waals surface area (Å²) in [4.78, 5) is 5.47. The van der Waals surface area contributed by atoms with Crippen LogP contribution in [0.4, 0.5) is 0 Å². The molecule has 0 spiro atoms. The third-order valence-electron chi connectivity index (χ3n) is 9.18. The van der Waals surface area contributed by atoms with Gasteiger partial charge in [-0.3, -0.25) is 4.99 Å². The Morgan fingerprint density at radius 3 is 1.62 bits per heavy atom. The van der Waals surface area contributed by atoms with Gasteiger partial charge in [-0.1, -0.05) is 194 Å². The fourth-order valence-corrected chi connectivity index (χ4v) is 11.1. The van der Waals surface area contributed by atoms with E-state index in [1.807, 2.05) is 0 Å². The normalized spacial score (nSPS) is 13.2. The monoisotopic (exact) mass is 647 g/mol. The molecular formula is C43H57NO2Si. The van der Waals surface area contributed by atoms with Gasteiger partial charge in [0.15, 0.2) is 0 Å². The highest BCUT2D eigenvalue weighted by Gasteiger charge is 2.50. The Balaban J connectivity index is 1.63. The molecule has 0 N–H and O–H groups in total. The van der Waals surface area contributed by atoms with Crippen LogP contribution in [-0.2, 0) is 9.16 Å². The molecule has 250 valence electrons. The van der Waals surface area contributed by atoms with Crippen LogP contribution in [0.3, 0.4) is 0 Å². The lowest BCUT2D eigenvalue weighted by molar-refractivity contribution is 0.0941. The number of ether oxygens (including phenoxy) is 1. The van der Waals surface area contributed by atoms with E-state index in [0.717, 1.165) is 29.9 Å². The zero-order chi connectivity index (χ0) is 33.4. The molecular weight excluding hydrogens is 591 g/mol. The van der Waals surface area contributed by atoms with E-state index in [1.165, 1.54) is 48.9 Å². The van der Waals surface area contributed by atoms with Crippen molar-refractivity contribution in [1.82, 2.24) is 0 Å². The van der Waals surface area contributed by atoms with Crippen molar-refractivity contribution in [3.63, 3.8) is 0 Å². The molecule has 0 aliphatic rings. The molecule has 0 aromatic heterocycles. The minimum atomic E-state index is -2.74. The van der Waals surface area contributed by atoms with Gasteiger partial charge in [-0.2, -0.15) is 0 Å². The van der Waals surface area contributed by atoms with Crippen LogP contribution in [0.15, 0.2) is 126 Å². The summed E-state index contributed by atoms with van der Waals surface area (Å²) in [5, 5.41) is 2.45. The SMILES string of the molecule is CCCCCCC[C@@H](C)CCOC[C@H](CO[Si](c1ccccc1)(c1ccccc1)C(C)(C)C)N=C(c1ccccc1)c1ccccc1. The van der Waals surface area contributed by atoms with Crippen molar-refractivity contribution in [3.05, 3.63) is 132 Å². The maximum atomic E-state index is 7.42. The van der Waals surface area contributed by atoms with E-state index in [-0.39, 0.29) is 11.1 Å². The van der Waals surface area contributed by atoms with Crippen LogP contribution in [0, 0.1) is 5.92 Å². The van der Waals surface area contributed by atoms with Crippen LogP contribution in [0.5, 0.6) is 0 Å². The van der Waals surface area contributed by atoms with Crippen molar-refractivity contribution in [2.75, 3.05) is 19.8 Å². The largest absolute Gasteiger partial charge is 0.405 e. The van der Waals surface area contributed by atoms with Crippen molar-refractivity contribution < 1.29 is 9.16 Å². The Morgan fingerprint density at radius 1 is 0.638 bits per heavy atom. The van der Waals surface area contributed by atoms with Crippen LogP contribution >= 0.6 is 0 Å². The van der Waals surface area contributed by atoms with Crippen LogP contribution in [-0.4, -0.2) is 39.9 Å². The second-order valence-corrected chi connectivity index (χ2v) is 18.3. The first-order valence-electron chi connectivity index (χ1n) is 17.9. The first-order chi connectivity index (χ1) is 22.8. The van der Waals surface area contributed by atoms with E-state index in [0.29, 0.717) is 19.1 Å². The van der Waals surface area contributed by atoms with E-state index in [9.17, 15) is 0 Å². The minimum Gasteiger partial charge on any atom is -0.405 e. The van der Waals surface area contributed by atoms with Gasteiger partial charge in [0.25, 0.3) is 8.32 Å². The zero-order valence-corrected chi connectivity index (χ0v) is 30.5. The molecule has 0 bridgehead atoms. The smallest absolute Gasteiger partial charge is 0.261 e. The molecule has 0 fully saturated rings. The molecule has 4 aromatic rings. The lowest BCUT2D eigenvalue weighted by Gasteiger charge is -2.43. The topological polar surface area (TPSA) is 30.8 Å². The predicted octanol–water partition coefficient (Wildman–Crippen LogP) is 9.87. The second-order valence-electron chi connectivity index (χ2n) is 14.0. The number of unbranched alkanes of at least 4 members (excludes halogenated alkanes) is 4. The quantitative estimate of drug-likeness (QED) is 0.0576. The van der Waals surface area contributed by atoms with E-state index in [2.05, 4.69) is 156 Å². The number of hydrogen-bond donors (Lipinski definition) is 0. The van der Waals surface area contributed by atoms with Crippen molar-refractivity contribution in [2.24, 2.45) is 10.9 Å². The maximum Gasteiger partial charge on any atom is 0.261 e. The van der Waals surface area contributed by atoms with E-state index in [1.54, 1.807) is 0 Å². The third kappa shape index (κ3) is 10.6. The minimum absolute atomic E-state index is 0.112.